The van der Waals surface area contributed by atoms with Gasteiger partial charge < -0.3 is 24.1 Å². The van der Waals surface area contributed by atoms with Gasteiger partial charge in [-0.05, 0) is 59.2 Å². The molecular formula is C27H24FO6S-. The number of hydrogen-bond donors (Lipinski definition) is 0. The van der Waals surface area contributed by atoms with Crippen molar-refractivity contribution in [2.24, 2.45) is 0 Å². The van der Waals surface area contributed by atoms with Crippen LogP contribution in [0.15, 0.2) is 58.2 Å². The smallest absolute Gasteiger partial charge is 0.203 e. The second kappa shape index (κ2) is 10.00. The predicted octanol–water partition coefficient (Wildman–Crippen LogP) is 3.77. The van der Waals surface area contributed by atoms with Crippen LogP contribution in [0.25, 0.3) is 11.1 Å². The van der Waals surface area contributed by atoms with Crippen LogP contribution in [0.3, 0.4) is 0 Å². The van der Waals surface area contributed by atoms with Crippen molar-refractivity contribution in [3.63, 3.8) is 0 Å². The summed E-state index contributed by atoms with van der Waals surface area (Å²) in [6.45, 7) is 0. The van der Waals surface area contributed by atoms with Crippen LogP contribution < -0.4 is 24.7 Å². The molecule has 0 aliphatic heterocycles. The van der Waals surface area contributed by atoms with Crippen LogP contribution in [0.1, 0.15) is 28.5 Å². The van der Waals surface area contributed by atoms with E-state index in [1.807, 2.05) is 0 Å². The summed E-state index contributed by atoms with van der Waals surface area (Å²) in [5.41, 5.74) is 2.23. The van der Waals surface area contributed by atoms with Gasteiger partial charge in [0.2, 0.25) is 5.75 Å². The largest absolute Gasteiger partial charge is 0.549 e. The molecule has 0 bridgehead atoms. The predicted molar refractivity (Wildman–Crippen MR) is 130 cm³/mol. The lowest BCUT2D eigenvalue weighted by Crippen LogP contribution is -2.36. The zero-order valence-corrected chi connectivity index (χ0v) is 20.5. The summed E-state index contributed by atoms with van der Waals surface area (Å²) in [6.07, 6.45) is 1.98. The average molecular weight is 496 g/mol. The first-order valence-corrected chi connectivity index (χ1v) is 12.1. The van der Waals surface area contributed by atoms with Gasteiger partial charge in [0.15, 0.2) is 16.9 Å². The lowest BCUT2D eigenvalue weighted by Gasteiger charge is -2.35. The Labute approximate surface area is 206 Å². The fourth-order valence-corrected chi connectivity index (χ4v) is 5.34. The van der Waals surface area contributed by atoms with Gasteiger partial charge >= 0.3 is 0 Å². The van der Waals surface area contributed by atoms with Crippen molar-refractivity contribution in [2.75, 3.05) is 27.6 Å². The second-order valence-electron chi connectivity index (χ2n) is 8.09. The minimum Gasteiger partial charge on any atom is -0.549 e. The maximum Gasteiger partial charge on any atom is 0.203 e. The summed E-state index contributed by atoms with van der Waals surface area (Å²) >= 11 is 1.29. The zero-order valence-electron chi connectivity index (χ0n) is 19.7. The van der Waals surface area contributed by atoms with Crippen molar-refractivity contribution in [3.05, 3.63) is 81.3 Å². The third kappa shape index (κ3) is 4.23. The van der Waals surface area contributed by atoms with Crippen LogP contribution >= 0.6 is 11.8 Å². The minimum absolute atomic E-state index is 0.00314. The van der Waals surface area contributed by atoms with Gasteiger partial charge in [0, 0.05) is 23.4 Å². The topological polar surface area (TPSA) is 84.9 Å². The van der Waals surface area contributed by atoms with Crippen LogP contribution in [0.2, 0.25) is 0 Å². The number of carbonyl (C=O) groups is 1. The van der Waals surface area contributed by atoms with Gasteiger partial charge in [0.1, 0.15) is 5.82 Å². The van der Waals surface area contributed by atoms with Crippen molar-refractivity contribution in [1.82, 2.24) is 0 Å². The molecule has 0 radical (unpaired) electrons. The van der Waals surface area contributed by atoms with Crippen molar-refractivity contribution in [1.29, 1.82) is 0 Å². The van der Waals surface area contributed by atoms with Gasteiger partial charge in [-0.1, -0.05) is 24.3 Å². The van der Waals surface area contributed by atoms with Crippen molar-refractivity contribution < 1.29 is 28.5 Å². The molecule has 0 heterocycles. The number of ether oxygens (including phenoxy) is 3. The van der Waals surface area contributed by atoms with E-state index >= 15 is 0 Å². The fraction of sp³-hybridized carbons (Fsp3) is 0.259. The molecule has 3 aromatic carbocycles. The van der Waals surface area contributed by atoms with Crippen LogP contribution in [0, 0.1) is 5.82 Å². The molecule has 2 unspecified atom stereocenters. The molecule has 0 saturated carbocycles. The molecule has 0 N–H and O–H groups in total. The lowest BCUT2D eigenvalue weighted by molar-refractivity contribution is -0.308. The molecular weight excluding hydrogens is 471 g/mol. The fourth-order valence-electron chi connectivity index (χ4n) is 4.87. The van der Waals surface area contributed by atoms with E-state index in [0.717, 1.165) is 5.56 Å². The maximum absolute atomic E-state index is 14.8. The number of thioether (sulfide) groups is 1. The van der Waals surface area contributed by atoms with Gasteiger partial charge in [-0.3, -0.25) is 4.79 Å². The summed E-state index contributed by atoms with van der Waals surface area (Å²) in [6, 6.07) is 12.4. The summed E-state index contributed by atoms with van der Waals surface area (Å²) in [5, 5.41) is 12.5. The molecule has 0 aromatic heterocycles. The Kier molecular flexibility index (Phi) is 7.03. The van der Waals surface area contributed by atoms with Gasteiger partial charge in [-0.2, -0.15) is 0 Å². The number of carboxylic acid groups (broad SMARTS) is 1. The number of hydrogen-bond acceptors (Lipinski definition) is 7. The zero-order chi connectivity index (χ0) is 25.3. The molecule has 8 heteroatoms. The normalized spacial score (nSPS) is 14.9. The molecule has 182 valence electrons. The van der Waals surface area contributed by atoms with Crippen LogP contribution in [-0.4, -0.2) is 33.6 Å². The lowest BCUT2D eigenvalue weighted by atomic mass is 9.71. The highest BCUT2D eigenvalue weighted by molar-refractivity contribution is 7.98. The maximum atomic E-state index is 14.8. The number of carbonyl (C=O) groups excluding carboxylic acids is 1. The van der Waals surface area contributed by atoms with E-state index in [1.165, 1.54) is 57.4 Å². The first-order chi connectivity index (χ1) is 16.9. The highest BCUT2D eigenvalue weighted by atomic mass is 32.2. The highest BCUT2D eigenvalue weighted by Crippen LogP contribution is 2.53. The average Bonchev–Trinajstić information content (AvgIpc) is 3.02. The third-order valence-electron chi connectivity index (χ3n) is 6.38. The first kappa shape index (κ1) is 24.6. The highest BCUT2D eigenvalue weighted by Gasteiger charge is 2.37. The minimum atomic E-state index is -1.43. The SMILES string of the molecule is COc1cc2c(c(OC)c1OC)-c1ccc(SC)c(=O)cc1C(C(C(=O)[O-])c1ccccc1F)C2. The molecule has 0 amide bonds. The van der Waals surface area contributed by atoms with Crippen LogP contribution in [0.4, 0.5) is 4.39 Å². The standard InChI is InChI=1S/C27H25FO6S/c1-32-21-12-14-11-18(24(27(30)31)16-7-5-6-8-19(16)28)17-13-20(29)22(35-4)10-9-15(17)23(14)26(34-3)25(21)33-2/h5-10,12-13,18,24H,11H2,1-4H3,(H,30,31)/p-1. The molecule has 3 aromatic rings. The van der Waals surface area contributed by atoms with Crippen LogP contribution in [0.5, 0.6) is 17.2 Å². The summed E-state index contributed by atoms with van der Waals surface area (Å²) in [4.78, 5) is 26.0. The number of aliphatic carboxylic acids is 1. The molecule has 0 spiro atoms. The quantitative estimate of drug-likeness (QED) is 0.461. The first-order valence-electron chi connectivity index (χ1n) is 10.9. The summed E-state index contributed by atoms with van der Waals surface area (Å²) in [7, 11) is 4.49. The second-order valence-corrected chi connectivity index (χ2v) is 8.94. The number of carboxylic acids is 1. The Hall–Kier alpha value is -3.52. The Morgan fingerprint density at radius 3 is 2.37 bits per heavy atom. The van der Waals surface area contributed by atoms with Gasteiger partial charge in [0.05, 0.1) is 26.2 Å². The Balaban J connectivity index is 2.09. The van der Waals surface area contributed by atoms with Gasteiger partial charge in [0.25, 0.3) is 0 Å². The molecule has 0 saturated heterocycles. The van der Waals surface area contributed by atoms with Crippen molar-refractivity contribution in [2.45, 2.75) is 23.2 Å². The monoisotopic (exact) mass is 495 g/mol. The molecule has 1 aliphatic rings. The van der Waals surface area contributed by atoms with Gasteiger partial charge in [-0.15, -0.1) is 11.8 Å². The Bertz CT molecular complexity index is 1360. The van der Waals surface area contributed by atoms with Crippen LogP contribution in [-0.2, 0) is 11.2 Å². The summed E-state index contributed by atoms with van der Waals surface area (Å²) in [5.74, 6) is -2.99. The van der Waals surface area contributed by atoms with Crippen molar-refractivity contribution in [3.8, 4) is 28.4 Å². The number of methoxy groups -OCH3 is 3. The number of fused-ring (bicyclic) bond motifs is 3. The molecule has 35 heavy (non-hydrogen) atoms. The molecule has 1 aliphatic carbocycles. The molecule has 6 nitrogen and oxygen atoms in total. The molecule has 4 rings (SSSR count). The summed E-state index contributed by atoms with van der Waals surface area (Å²) < 4.78 is 31.6. The molecule has 2 atom stereocenters. The number of halogens is 1. The third-order valence-corrected chi connectivity index (χ3v) is 7.16. The Morgan fingerprint density at radius 1 is 1.06 bits per heavy atom. The van der Waals surface area contributed by atoms with E-state index in [1.54, 1.807) is 30.5 Å². The number of rotatable bonds is 7. The van der Waals surface area contributed by atoms with E-state index in [-0.39, 0.29) is 17.4 Å². The van der Waals surface area contributed by atoms with E-state index < -0.39 is 23.6 Å². The van der Waals surface area contributed by atoms with E-state index in [9.17, 15) is 19.1 Å². The van der Waals surface area contributed by atoms with Gasteiger partial charge in [-0.25, -0.2) is 4.39 Å². The van der Waals surface area contributed by atoms with E-state index in [4.69, 9.17) is 14.2 Å². The van der Waals surface area contributed by atoms with E-state index in [2.05, 4.69) is 0 Å². The Morgan fingerprint density at radius 2 is 1.77 bits per heavy atom. The van der Waals surface area contributed by atoms with E-state index in [0.29, 0.717) is 38.8 Å². The van der Waals surface area contributed by atoms with Crippen molar-refractivity contribution >= 4 is 17.7 Å². The number of benzene rings is 2. The molecule has 0 fully saturated rings.